The fourth-order valence-electron chi connectivity index (χ4n) is 27.8. The van der Waals surface area contributed by atoms with Gasteiger partial charge in [0, 0.05) is 46.1 Å². The third-order valence-corrected chi connectivity index (χ3v) is 30.5. The number of aliphatic hydroxyl groups is 3. The van der Waals surface area contributed by atoms with E-state index in [0.717, 1.165) is 127 Å². The van der Waals surface area contributed by atoms with E-state index < -0.39 is 45.8 Å². The number of nitrogens with one attached hydrogen (secondary N) is 2. The average Bonchev–Trinajstić information content (AvgIpc) is 1.53. The van der Waals surface area contributed by atoms with Crippen LogP contribution in [0.5, 0.6) is 0 Å². The van der Waals surface area contributed by atoms with Gasteiger partial charge in [-0.25, -0.2) is 0 Å². The molecule has 4 aliphatic heterocycles. The molecule has 16 bridgehead atoms. The van der Waals surface area contributed by atoms with Gasteiger partial charge in [0.1, 0.15) is 0 Å². The molecule has 7 heteroatoms. The van der Waals surface area contributed by atoms with Crippen molar-refractivity contribution in [3.63, 3.8) is 0 Å². The number of hydrogen-bond acceptors (Lipinski definition) is 6. The van der Waals surface area contributed by atoms with Gasteiger partial charge in [0.05, 0.1) is 30.2 Å². The lowest BCUT2D eigenvalue weighted by molar-refractivity contribution is -0.186. The summed E-state index contributed by atoms with van der Waals surface area (Å²) in [6.07, 6.45) is 47.5. The third-order valence-electron chi connectivity index (χ3n) is 30.5. The first kappa shape index (κ1) is 58.0. The van der Waals surface area contributed by atoms with Crippen molar-refractivity contribution >= 4 is 23.2 Å². The van der Waals surface area contributed by atoms with Crippen molar-refractivity contribution in [2.75, 3.05) is 13.1 Å². The highest BCUT2D eigenvalue weighted by molar-refractivity contribution is 5.78. The second-order valence-corrected chi connectivity index (χ2v) is 33.4. The smallest absolute Gasteiger partial charge is 0.307 e. The number of dihydropyridines is 1. The zero-order chi connectivity index (χ0) is 61.3. The SMILES string of the molecule is CC12CC=CC34C=C5C6=c7ccccc7=CC5C(CCC1O)(C1=C5C3CCC3CC7(CCC(CCc8ccccc8)C7)C7C=CC8(C(C(=O)O)CCC(=CO)C(C9CCCCC9)CCCNC9=CC=C(CN9)c9cccc(c9)C6)C(O)C6CCCC8(CC1)C56C37)C42. The molecule has 0 saturated heterocycles. The highest BCUT2D eigenvalue weighted by Crippen LogP contribution is 2.91. The van der Waals surface area contributed by atoms with E-state index in [4.69, 9.17) is 0 Å². The van der Waals surface area contributed by atoms with Crippen LogP contribution < -0.4 is 21.1 Å². The number of fused-ring (bicyclic) bond motifs is 4. The largest absolute Gasteiger partial charge is 0.516 e. The zero-order valence-electron chi connectivity index (χ0n) is 54.2. The first-order valence-electron chi connectivity index (χ1n) is 37.0. The summed E-state index contributed by atoms with van der Waals surface area (Å²) in [7, 11) is 0. The monoisotopic (exact) mass is 1220 g/mol. The van der Waals surface area contributed by atoms with Gasteiger partial charge < -0.3 is 31.1 Å². The van der Waals surface area contributed by atoms with Crippen molar-refractivity contribution in [2.45, 2.75) is 186 Å². The molecule has 3 aromatic rings. The number of aliphatic carboxylic acids is 1. The number of allylic oxidation sites excluding steroid dienone is 10. The Morgan fingerprint density at radius 3 is 2.49 bits per heavy atom. The van der Waals surface area contributed by atoms with Gasteiger partial charge in [-0.15, -0.1) is 0 Å². The Bertz CT molecular complexity index is 3840. The summed E-state index contributed by atoms with van der Waals surface area (Å²) in [5.74, 6) is 2.25. The van der Waals surface area contributed by atoms with Crippen LogP contribution in [0.3, 0.4) is 0 Å². The Labute approximate surface area is 541 Å². The van der Waals surface area contributed by atoms with Crippen LogP contribution in [0.2, 0.25) is 0 Å². The van der Waals surface area contributed by atoms with E-state index in [1.165, 1.54) is 101 Å². The van der Waals surface area contributed by atoms with Gasteiger partial charge in [0.25, 0.3) is 0 Å². The van der Waals surface area contributed by atoms with E-state index in [-0.39, 0.29) is 45.8 Å². The summed E-state index contributed by atoms with van der Waals surface area (Å²) < 4.78 is 0. The molecule has 476 valence electrons. The normalized spacial score (nSPS) is 44.3. The van der Waals surface area contributed by atoms with Gasteiger partial charge in [-0.05, 0) is 261 Å². The van der Waals surface area contributed by atoms with Crippen LogP contribution in [-0.2, 0) is 17.6 Å². The number of aliphatic hydroxyl groups excluding tert-OH is 3. The predicted molar refractivity (Wildman–Crippen MR) is 362 cm³/mol. The van der Waals surface area contributed by atoms with Crippen molar-refractivity contribution in [3.8, 4) is 0 Å². The van der Waals surface area contributed by atoms with Gasteiger partial charge in [-0.3, -0.25) is 4.79 Å². The molecule has 4 heterocycles. The molecule has 0 radical (unpaired) electrons. The van der Waals surface area contributed by atoms with Crippen molar-refractivity contribution in [1.29, 1.82) is 0 Å². The summed E-state index contributed by atoms with van der Waals surface area (Å²) in [5, 5.41) is 62.4. The molecule has 7 nitrogen and oxygen atoms in total. The predicted octanol–water partition coefficient (Wildman–Crippen LogP) is 15.4. The second kappa shape index (κ2) is 21.2. The van der Waals surface area contributed by atoms with Gasteiger partial charge in [0.15, 0.2) is 0 Å². The summed E-state index contributed by atoms with van der Waals surface area (Å²) in [6, 6.07) is 30.0. The van der Waals surface area contributed by atoms with Crippen molar-refractivity contribution in [3.05, 3.63) is 183 Å². The summed E-state index contributed by atoms with van der Waals surface area (Å²) in [6.45, 7) is 4.07. The van der Waals surface area contributed by atoms with Crippen molar-refractivity contribution < 1.29 is 25.2 Å². The summed E-state index contributed by atoms with van der Waals surface area (Å²) >= 11 is 0. The lowest BCUT2D eigenvalue weighted by Gasteiger charge is -2.76. The Hall–Kier alpha value is -5.63. The van der Waals surface area contributed by atoms with E-state index in [0.29, 0.717) is 42.4 Å². The molecule has 19 unspecified atom stereocenters. The van der Waals surface area contributed by atoms with Crippen LogP contribution in [0, 0.1) is 103 Å². The topological polar surface area (TPSA) is 122 Å². The molecule has 91 heavy (non-hydrogen) atoms. The fourth-order valence-corrected chi connectivity index (χ4v) is 27.8. The zero-order valence-corrected chi connectivity index (χ0v) is 54.2. The summed E-state index contributed by atoms with van der Waals surface area (Å²) in [4.78, 5) is 15.4. The minimum absolute atomic E-state index is 0.0560. The molecule has 7 saturated carbocycles. The van der Waals surface area contributed by atoms with E-state index in [1.54, 1.807) is 11.1 Å². The number of rotatable bonds is 5. The highest BCUT2D eigenvalue weighted by atomic mass is 16.4. The van der Waals surface area contributed by atoms with E-state index in [9.17, 15) is 20.4 Å². The molecule has 0 aromatic heterocycles. The molecule has 6 N–H and O–H groups in total. The minimum Gasteiger partial charge on any atom is -0.516 e. The van der Waals surface area contributed by atoms with Crippen molar-refractivity contribution in [1.82, 2.24) is 10.6 Å². The number of benzene rings is 3. The Morgan fingerprint density at radius 2 is 1.65 bits per heavy atom. The number of carbonyl (C=O) groups is 1. The Kier molecular flexibility index (Phi) is 13.5. The van der Waals surface area contributed by atoms with Gasteiger partial charge >= 0.3 is 5.97 Å². The molecule has 5 spiro atoms. The molecule has 3 aromatic carbocycles. The molecular weight excluding hydrogens is 1120 g/mol. The Morgan fingerprint density at radius 1 is 0.780 bits per heavy atom. The fraction of sp³-hybridized carbons (Fsp3) is 0.583. The maximum atomic E-state index is 15.4. The molecule has 13 aliphatic carbocycles. The van der Waals surface area contributed by atoms with Crippen molar-refractivity contribution in [2.24, 2.45) is 103 Å². The first-order valence-corrected chi connectivity index (χ1v) is 37.0. The van der Waals surface area contributed by atoms with E-state index in [1.807, 2.05) is 0 Å². The minimum atomic E-state index is -0.993. The number of hydrogen-bond donors (Lipinski definition) is 6. The molecular formula is C84H100N2O5. The second-order valence-electron chi connectivity index (χ2n) is 33.4. The van der Waals surface area contributed by atoms with Crippen LogP contribution >= 0.6 is 0 Å². The van der Waals surface area contributed by atoms with E-state index >= 15 is 4.79 Å². The van der Waals surface area contributed by atoms with Crippen LogP contribution in [0.1, 0.15) is 178 Å². The highest BCUT2D eigenvalue weighted by Gasteiger charge is 2.87. The molecule has 7 fully saturated rings. The van der Waals surface area contributed by atoms with Crippen LogP contribution in [0.4, 0.5) is 0 Å². The van der Waals surface area contributed by atoms with E-state index in [2.05, 4.69) is 145 Å². The first-order chi connectivity index (χ1) is 44.4. The quantitative estimate of drug-likeness (QED) is 0.111. The maximum Gasteiger partial charge on any atom is 0.307 e. The summed E-state index contributed by atoms with van der Waals surface area (Å²) in [5.41, 5.74) is 10.1. The molecule has 20 rings (SSSR count). The lowest BCUT2D eigenvalue weighted by atomic mass is 9.27. The van der Waals surface area contributed by atoms with Gasteiger partial charge in [-0.1, -0.05) is 165 Å². The third kappa shape index (κ3) is 7.77. The molecule has 17 aliphatic rings. The number of carboxylic acids is 1. The molecule has 19 atom stereocenters. The van der Waals surface area contributed by atoms with Gasteiger partial charge in [0.2, 0.25) is 0 Å². The van der Waals surface area contributed by atoms with Gasteiger partial charge in [-0.2, -0.15) is 0 Å². The maximum absolute atomic E-state index is 15.4. The number of carboxylic acid groups (broad SMARTS) is 1. The van der Waals surface area contributed by atoms with Crippen LogP contribution in [0.15, 0.2) is 156 Å². The Balaban J connectivity index is 0.881. The number of aryl methyl sites for hydroxylation is 1. The molecule has 0 amide bonds. The lowest BCUT2D eigenvalue weighted by Crippen LogP contribution is -2.71. The average molecular weight is 1220 g/mol. The van der Waals surface area contributed by atoms with Crippen LogP contribution in [0.25, 0.3) is 17.2 Å². The van der Waals surface area contributed by atoms with Crippen LogP contribution in [-0.4, -0.2) is 51.7 Å². The standard InChI is InChI=1S/C84H100N2O5/c1-78-36-13-37-80-49-64-63-45-54-16-10-20-56(44-54)59-28-31-72(86-50-59)85-43-12-22-61(55-17-6-3-7-18-55)60(51-87)27-30-69(76(90)91)83-42-34-65-73-58(48-79(65)39-32-53(47-79)25-24-52-14-4-2-5-15-52)26-29-66(80)74-67(33-40-81(83)38-11-23-68(75(83)89)84(73,74)81)82(77(78)80,41-35-71(78)88)70(64)46-57-19-8-9-21-62(57)63/h2,4-5,8-10,13-16,19-21,28,31,34,37,42,44,46,49,51,53,55,58,61,65-66,68-71,73,75,77,85-89H,3,6-7,11-12,17-18,22-27,29-30,32-33,35-36,38-41,43,45,47-48,50H2,1H3,(H,90,91).